The molecule has 0 aliphatic carbocycles. The van der Waals surface area contributed by atoms with E-state index in [-0.39, 0.29) is 33.6 Å². The van der Waals surface area contributed by atoms with Gasteiger partial charge in [0, 0.05) is 17.8 Å². The first kappa shape index (κ1) is 19.5. The SMILES string of the molecule is Cc1nc(-c2ccn[nH]2)c2c(n1)[C@@H]1CCC[C@H](C2)N1C(=O)c1ccc(F)c(Cl)c1Cl. The topological polar surface area (TPSA) is 74.8 Å². The average molecular weight is 446 g/mol. The van der Waals surface area contributed by atoms with Gasteiger partial charge in [-0.3, -0.25) is 9.89 Å². The molecule has 3 aromatic rings. The number of nitrogens with zero attached hydrogens (tertiary/aromatic N) is 4. The van der Waals surface area contributed by atoms with Crippen LogP contribution in [0.3, 0.4) is 0 Å². The van der Waals surface area contributed by atoms with E-state index >= 15 is 0 Å². The van der Waals surface area contributed by atoms with Gasteiger partial charge < -0.3 is 4.90 Å². The molecule has 9 heteroatoms. The Kier molecular flexibility index (Phi) is 4.75. The standard InChI is InChI=1S/C21H18Cl2FN5O/c1-10-26-19(15-7-8-25-28-15)13-9-11-3-2-4-16(20(13)27-10)29(11)21(30)12-5-6-14(24)18(23)17(12)22/h5-8,11,16H,2-4,9H2,1H3,(H,25,28)/t11-,16+/m1/s1. The summed E-state index contributed by atoms with van der Waals surface area (Å²) in [5.74, 6) is -0.255. The third kappa shape index (κ3) is 2.99. The number of aromatic amines is 1. The molecule has 2 aliphatic rings. The van der Waals surface area contributed by atoms with Crippen LogP contribution in [0, 0.1) is 12.7 Å². The molecule has 1 fully saturated rings. The zero-order valence-electron chi connectivity index (χ0n) is 16.1. The summed E-state index contributed by atoms with van der Waals surface area (Å²) in [5.41, 5.74) is 3.79. The van der Waals surface area contributed by atoms with Crippen molar-refractivity contribution in [2.45, 2.75) is 44.7 Å². The number of halogens is 3. The third-order valence-corrected chi connectivity index (χ3v) is 6.77. The number of benzene rings is 1. The first-order valence-electron chi connectivity index (χ1n) is 9.79. The number of nitrogens with one attached hydrogen (secondary N) is 1. The second kappa shape index (κ2) is 7.32. The Balaban J connectivity index is 1.62. The molecular weight excluding hydrogens is 428 g/mol. The van der Waals surface area contributed by atoms with Crippen LogP contribution in [0.25, 0.3) is 11.4 Å². The Bertz CT molecular complexity index is 1150. The lowest BCUT2D eigenvalue weighted by Gasteiger charge is -2.46. The van der Waals surface area contributed by atoms with E-state index in [2.05, 4.69) is 15.2 Å². The fraction of sp³-hybridized carbons (Fsp3) is 0.333. The molecule has 1 amide bonds. The van der Waals surface area contributed by atoms with Crippen molar-refractivity contribution in [3.8, 4) is 11.4 Å². The minimum absolute atomic E-state index is 0.0170. The number of H-pyrrole nitrogens is 1. The van der Waals surface area contributed by atoms with Gasteiger partial charge in [0.05, 0.1) is 38.7 Å². The summed E-state index contributed by atoms with van der Waals surface area (Å²) < 4.78 is 13.8. The van der Waals surface area contributed by atoms with E-state index in [0.717, 1.165) is 41.9 Å². The van der Waals surface area contributed by atoms with Crippen molar-refractivity contribution in [1.82, 2.24) is 25.1 Å². The fourth-order valence-corrected chi connectivity index (χ4v) is 5.03. The Morgan fingerprint density at radius 2 is 2.03 bits per heavy atom. The van der Waals surface area contributed by atoms with Gasteiger partial charge in [-0.25, -0.2) is 14.4 Å². The maximum Gasteiger partial charge on any atom is 0.256 e. The van der Waals surface area contributed by atoms with Gasteiger partial charge in [-0.2, -0.15) is 5.10 Å². The molecule has 1 aromatic carbocycles. The van der Waals surface area contributed by atoms with Gasteiger partial charge in [0.2, 0.25) is 0 Å². The molecule has 5 rings (SSSR count). The van der Waals surface area contributed by atoms with E-state index in [9.17, 15) is 9.18 Å². The van der Waals surface area contributed by atoms with E-state index in [1.807, 2.05) is 17.9 Å². The van der Waals surface area contributed by atoms with Crippen LogP contribution in [-0.2, 0) is 6.42 Å². The molecule has 154 valence electrons. The number of piperidine rings is 1. The zero-order chi connectivity index (χ0) is 21.0. The van der Waals surface area contributed by atoms with Crippen molar-refractivity contribution in [3.63, 3.8) is 0 Å². The van der Waals surface area contributed by atoms with Crippen molar-refractivity contribution in [2.75, 3.05) is 0 Å². The van der Waals surface area contributed by atoms with Crippen LogP contribution >= 0.6 is 23.2 Å². The summed E-state index contributed by atoms with van der Waals surface area (Å²) in [6, 6.07) is 4.26. The van der Waals surface area contributed by atoms with Crippen LogP contribution < -0.4 is 0 Å². The van der Waals surface area contributed by atoms with Crippen LogP contribution in [-0.4, -0.2) is 37.0 Å². The Hall–Kier alpha value is -2.51. The number of amides is 1. The van der Waals surface area contributed by atoms with Gasteiger partial charge in [0.25, 0.3) is 5.91 Å². The van der Waals surface area contributed by atoms with Gasteiger partial charge in [-0.15, -0.1) is 0 Å². The Labute approximate surface area is 182 Å². The maximum absolute atomic E-state index is 13.8. The molecule has 2 aliphatic heterocycles. The van der Waals surface area contributed by atoms with Crippen molar-refractivity contribution in [2.24, 2.45) is 0 Å². The van der Waals surface area contributed by atoms with Gasteiger partial charge >= 0.3 is 0 Å². The molecular formula is C21H18Cl2FN5O. The average Bonchev–Trinajstić information content (AvgIpc) is 3.26. The van der Waals surface area contributed by atoms with Crippen molar-refractivity contribution in [1.29, 1.82) is 0 Å². The number of carbonyl (C=O) groups excluding carboxylic acids is 1. The smallest absolute Gasteiger partial charge is 0.256 e. The summed E-state index contributed by atoms with van der Waals surface area (Å²) in [7, 11) is 0. The highest BCUT2D eigenvalue weighted by Gasteiger charge is 2.43. The lowest BCUT2D eigenvalue weighted by Crippen LogP contribution is -2.50. The first-order valence-corrected chi connectivity index (χ1v) is 10.5. The predicted molar refractivity (Wildman–Crippen MR) is 111 cm³/mol. The lowest BCUT2D eigenvalue weighted by molar-refractivity contribution is 0.0389. The molecule has 1 saturated heterocycles. The highest BCUT2D eigenvalue weighted by atomic mass is 35.5. The van der Waals surface area contributed by atoms with E-state index < -0.39 is 5.82 Å². The molecule has 2 bridgehead atoms. The fourth-order valence-electron chi connectivity index (χ4n) is 4.63. The van der Waals surface area contributed by atoms with Crippen molar-refractivity contribution < 1.29 is 9.18 Å². The quantitative estimate of drug-likeness (QED) is 0.568. The number of carbonyl (C=O) groups is 1. The minimum atomic E-state index is -0.644. The van der Waals surface area contributed by atoms with Crippen LogP contribution in [0.15, 0.2) is 24.4 Å². The second-order valence-corrected chi connectivity index (χ2v) is 8.45. The molecule has 0 spiro atoms. The monoisotopic (exact) mass is 445 g/mol. The molecule has 4 heterocycles. The van der Waals surface area contributed by atoms with Crippen LogP contribution in [0.2, 0.25) is 10.0 Å². The zero-order valence-corrected chi connectivity index (χ0v) is 17.6. The molecule has 0 saturated carbocycles. The predicted octanol–water partition coefficient (Wildman–Crippen LogP) is 4.91. The molecule has 30 heavy (non-hydrogen) atoms. The molecule has 6 nitrogen and oxygen atoms in total. The highest BCUT2D eigenvalue weighted by Crippen LogP contribution is 2.44. The van der Waals surface area contributed by atoms with Crippen molar-refractivity contribution >= 4 is 29.1 Å². The van der Waals surface area contributed by atoms with E-state index in [0.29, 0.717) is 12.2 Å². The summed E-state index contributed by atoms with van der Waals surface area (Å²) in [6.07, 6.45) is 4.99. The summed E-state index contributed by atoms with van der Waals surface area (Å²) in [4.78, 5) is 24.7. The summed E-state index contributed by atoms with van der Waals surface area (Å²) in [6.45, 7) is 1.85. The lowest BCUT2D eigenvalue weighted by atomic mass is 9.81. The highest BCUT2D eigenvalue weighted by molar-refractivity contribution is 6.44. The third-order valence-electron chi connectivity index (χ3n) is 5.91. The number of rotatable bonds is 2. The van der Waals surface area contributed by atoms with Gasteiger partial charge in [0.15, 0.2) is 0 Å². The maximum atomic E-state index is 13.8. The van der Waals surface area contributed by atoms with E-state index in [1.165, 1.54) is 12.1 Å². The van der Waals surface area contributed by atoms with Crippen LogP contribution in [0.1, 0.15) is 52.7 Å². The molecule has 2 aromatic heterocycles. The van der Waals surface area contributed by atoms with Gasteiger partial charge in [0.1, 0.15) is 11.6 Å². The first-order chi connectivity index (χ1) is 14.5. The van der Waals surface area contributed by atoms with E-state index in [1.54, 1.807) is 6.20 Å². The number of hydrogen-bond donors (Lipinski definition) is 1. The number of aromatic nitrogens is 4. The summed E-state index contributed by atoms with van der Waals surface area (Å²) in [5, 5.41) is 6.75. The minimum Gasteiger partial charge on any atom is -0.327 e. The largest absolute Gasteiger partial charge is 0.327 e. The molecule has 0 unspecified atom stereocenters. The Morgan fingerprint density at radius 1 is 1.20 bits per heavy atom. The van der Waals surface area contributed by atoms with Gasteiger partial charge in [-0.1, -0.05) is 23.2 Å². The molecule has 0 radical (unpaired) electrons. The van der Waals surface area contributed by atoms with E-state index in [4.69, 9.17) is 28.2 Å². The molecule has 1 N–H and O–H groups in total. The Morgan fingerprint density at radius 3 is 2.80 bits per heavy atom. The molecule has 2 atom stereocenters. The van der Waals surface area contributed by atoms with Gasteiger partial charge in [-0.05, 0) is 50.8 Å². The number of hydrogen-bond acceptors (Lipinski definition) is 4. The number of aryl methyl sites for hydroxylation is 1. The second-order valence-electron chi connectivity index (χ2n) is 7.69. The van der Waals surface area contributed by atoms with Crippen LogP contribution in [0.4, 0.5) is 4.39 Å². The van der Waals surface area contributed by atoms with Crippen LogP contribution in [0.5, 0.6) is 0 Å². The normalized spacial score (nSPS) is 20.2. The van der Waals surface area contributed by atoms with Crippen molar-refractivity contribution in [3.05, 3.63) is 62.9 Å². The summed E-state index contributed by atoms with van der Waals surface area (Å²) >= 11 is 12.2. The number of fused-ring (bicyclic) bond motifs is 4.